The minimum absolute atomic E-state index is 0.641. The molecule has 0 aliphatic heterocycles. The Bertz CT molecular complexity index is 829. The lowest BCUT2D eigenvalue weighted by molar-refractivity contribution is 0.341. The van der Waals surface area contributed by atoms with Crippen LogP contribution in [0.25, 0.3) is 11.4 Å². The number of rotatable bonds is 6. The Morgan fingerprint density at radius 3 is 2.42 bits per heavy atom. The standard InChI is InChI=1S/C19H21N3OS/c1-14-8-4-6-10-16(14)18-20-21-19(22(18)3)24-13-12-23-17-11-7-5-9-15(17)2/h4-11H,12-13H2,1-3H3. The van der Waals surface area contributed by atoms with Gasteiger partial charge < -0.3 is 9.30 Å². The van der Waals surface area contributed by atoms with Crippen molar-refractivity contribution >= 4 is 11.8 Å². The molecule has 3 aromatic rings. The van der Waals surface area contributed by atoms with Gasteiger partial charge in [-0.05, 0) is 31.0 Å². The molecule has 124 valence electrons. The summed E-state index contributed by atoms with van der Waals surface area (Å²) in [4.78, 5) is 0. The minimum Gasteiger partial charge on any atom is -0.492 e. The van der Waals surface area contributed by atoms with E-state index in [0.717, 1.165) is 33.6 Å². The fraction of sp³-hybridized carbons (Fsp3) is 0.263. The molecule has 2 aromatic carbocycles. The number of para-hydroxylation sites is 1. The van der Waals surface area contributed by atoms with Gasteiger partial charge in [0.25, 0.3) is 0 Å². The van der Waals surface area contributed by atoms with Gasteiger partial charge in [-0.2, -0.15) is 0 Å². The Morgan fingerprint density at radius 1 is 0.958 bits per heavy atom. The molecule has 0 atom stereocenters. The van der Waals surface area contributed by atoms with Crippen molar-refractivity contribution in [3.63, 3.8) is 0 Å². The van der Waals surface area contributed by atoms with E-state index in [4.69, 9.17) is 4.74 Å². The first kappa shape index (κ1) is 16.6. The third-order valence-electron chi connectivity index (χ3n) is 3.89. The van der Waals surface area contributed by atoms with Crippen molar-refractivity contribution in [2.24, 2.45) is 7.05 Å². The molecular weight excluding hydrogens is 318 g/mol. The lowest BCUT2D eigenvalue weighted by Crippen LogP contribution is -2.03. The van der Waals surface area contributed by atoms with E-state index in [1.165, 1.54) is 5.56 Å². The van der Waals surface area contributed by atoms with Gasteiger partial charge in [-0.15, -0.1) is 10.2 Å². The summed E-state index contributed by atoms with van der Waals surface area (Å²) in [5, 5.41) is 9.57. The van der Waals surface area contributed by atoms with Gasteiger partial charge in [-0.1, -0.05) is 54.2 Å². The number of thioether (sulfide) groups is 1. The molecule has 1 aromatic heterocycles. The number of benzene rings is 2. The molecule has 24 heavy (non-hydrogen) atoms. The first-order valence-corrected chi connectivity index (χ1v) is 8.92. The van der Waals surface area contributed by atoms with Gasteiger partial charge >= 0.3 is 0 Å². The van der Waals surface area contributed by atoms with Crippen molar-refractivity contribution in [2.45, 2.75) is 19.0 Å². The lowest BCUT2D eigenvalue weighted by atomic mass is 10.1. The molecule has 0 aliphatic rings. The quantitative estimate of drug-likeness (QED) is 0.497. The average Bonchev–Trinajstić information content (AvgIpc) is 2.94. The van der Waals surface area contributed by atoms with Crippen molar-refractivity contribution in [3.8, 4) is 17.1 Å². The Kier molecular flexibility index (Phi) is 5.20. The van der Waals surface area contributed by atoms with E-state index >= 15 is 0 Å². The molecule has 5 heteroatoms. The Balaban J connectivity index is 1.61. The zero-order chi connectivity index (χ0) is 16.9. The smallest absolute Gasteiger partial charge is 0.191 e. The number of ether oxygens (including phenoxy) is 1. The zero-order valence-electron chi connectivity index (χ0n) is 14.2. The Morgan fingerprint density at radius 2 is 1.67 bits per heavy atom. The summed E-state index contributed by atoms with van der Waals surface area (Å²) in [6, 6.07) is 16.3. The summed E-state index contributed by atoms with van der Waals surface area (Å²) in [5.41, 5.74) is 3.48. The van der Waals surface area contributed by atoms with E-state index in [2.05, 4.69) is 42.2 Å². The molecule has 0 N–H and O–H groups in total. The SMILES string of the molecule is Cc1ccccc1OCCSc1nnc(-c2ccccc2C)n1C. The monoisotopic (exact) mass is 339 g/mol. The summed E-state index contributed by atoms with van der Waals surface area (Å²) >= 11 is 1.66. The molecule has 4 nitrogen and oxygen atoms in total. The van der Waals surface area contributed by atoms with Crippen LogP contribution in [0.3, 0.4) is 0 Å². The highest BCUT2D eigenvalue weighted by Gasteiger charge is 2.12. The summed E-state index contributed by atoms with van der Waals surface area (Å²) in [5.74, 6) is 2.67. The fourth-order valence-corrected chi connectivity index (χ4v) is 3.23. The second-order valence-electron chi connectivity index (χ2n) is 5.64. The second-order valence-corrected chi connectivity index (χ2v) is 6.70. The van der Waals surface area contributed by atoms with Crippen LogP contribution in [0, 0.1) is 13.8 Å². The van der Waals surface area contributed by atoms with Crippen LogP contribution >= 0.6 is 11.8 Å². The van der Waals surface area contributed by atoms with Crippen LogP contribution in [-0.4, -0.2) is 27.1 Å². The van der Waals surface area contributed by atoms with Crippen LogP contribution in [0.15, 0.2) is 53.7 Å². The molecule has 3 rings (SSSR count). The fourth-order valence-electron chi connectivity index (χ4n) is 2.50. The van der Waals surface area contributed by atoms with Crippen molar-refractivity contribution in [1.82, 2.24) is 14.8 Å². The van der Waals surface area contributed by atoms with Crippen molar-refractivity contribution < 1.29 is 4.74 Å². The van der Waals surface area contributed by atoms with E-state index in [1.807, 2.05) is 41.9 Å². The number of nitrogens with zero attached hydrogens (tertiary/aromatic N) is 3. The molecule has 0 saturated carbocycles. The van der Waals surface area contributed by atoms with Crippen molar-refractivity contribution in [2.75, 3.05) is 12.4 Å². The third-order valence-corrected chi connectivity index (χ3v) is 4.87. The van der Waals surface area contributed by atoms with Gasteiger partial charge in [-0.25, -0.2) is 0 Å². The van der Waals surface area contributed by atoms with Gasteiger partial charge in [0.05, 0.1) is 6.61 Å². The molecule has 0 aliphatic carbocycles. The maximum Gasteiger partial charge on any atom is 0.191 e. The van der Waals surface area contributed by atoms with Crippen LogP contribution in [0.2, 0.25) is 0 Å². The predicted molar refractivity (Wildman–Crippen MR) is 98.6 cm³/mol. The largest absolute Gasteiger partial charge is 0.492 e. The molecule has 0 fully saturated rings. The molecule has 0 bridgehead atoms. The van der Waals surface area contributed by atoms with Gasteiger partial charge in [0, 0.05) is 18.4 Å². The van der Waals surface area contributed by atoms with E-state index in [0.29, 0.717) is 6.61 Å². The molecule has 0 saturated heterocycles. The first-order valence-electron chi connectivity index (χ1n) is 7.93. The Hall–Kier alpha value is -2.27. The van der Waals surface area contributed by atoms with E-state index in [9.17, 15) is 0 Å². The van der Waals surface area contributed by atoms with Gasteiger partial charge in [-0.3, -0.25) is 0 Å². The maximum absolute atomic E-state index is 5.83. The topological polar surface area (TPSA) is 39.9 Å². The normalized spacial score (nSPS) is 10.8. The highest BCUT2D eigenvalue weighted by molar-refractivity contribution is 7.99. The zero-order valence-corrected chi connectivity index (χ0v) is 15.0. The summed E-state index contributed by atoms with van der Waals surface area (Å²) in [6.45, 7) is 4.79. The van der Waals surface area contributed by atoms with Crippen LogP contribution in [0.5, 0.6) is 5.75 Å². The number of hydrogen-bond acceptors (Lipinski definition) is 4. The van der Waals surface area contributed by atoms with Crippen LogP contribution in [0.1, 0.15) is 11.1 Å². The summed E-state index contributed by atoms with van der Waals surface area (Å²) < 4.78 is 7.87. The highest BCUT2D eigenvalue weighted by Crippen LogP contribution is 2.25. The summed E-state index contributed by atoms with van der Waals surface area (Å²) in [7, 11) is 2.01. The van der Waals surface area contributed by atoms with E-state index in [1.54, 1.807) is 11.8 Å². The van der Waals surface area contributed by atoms with Gasteiger partial charge in [0.1, 0.15) is 5.75 Å². The number of hydrogen-bond donors (Lipinski definition) is 0. The van der Waals surface area contributed by atoms with E-state index in [-0.39, 0.29) is 0 Å². The van der Waals surface area contributed by atoms with Crippen molar-refractivity contribution in [1.29, 1.82) is 0 Å². The summed E-state index contributed by atoms with van der Waals surface area (Å²) in [6.07, 6.45) is 0. The molecule has 0 spiro atoms. The van der Waals surface area contributed by atoms with Gasteiger partial charge in [0.15, 0.2) is 11.0 Å². The van der Waals surface area contributed by atoms with E-state index < -0.39 is 0 Å². The maximum atomic E-state index is 5.83. The Labute approximate surface area is 146 Å². The highest BCUT2D eigenvalue weighted by atomic mass is 32.2. The molecule has 0 radical (unpaired) electrons. The second kappa shape index (κ2) is 7.53. The predicted octanol–water partition coefficient (Wildman–Crippen LogP) is 4.27. The average molecular weight is 339 g/mol. The third kappa shape index (κ3) is 3.62. The molecular formula is C19H21N3OS. The number of aromatic nitrogens is 3. The lowest BCUT2D eigenvalue weighted by Gasteiger charge is -2.09. The van der Waals surface area contributed by atoms with Crippen molar-refractivity contribution in [3.05, 3.63) is 59.7 Å². The molecule has 1 heterocycles. The number of aryl methyl sites for hydroxylation is 2. The molecule has 0 amide bonds. The van der Waals surface area contributed by atoms with Gasteiger partial charge in [0.2, 0.25) is 0 Å². The minimum atomic E-state index is 0.641. The molecule has 0 unspecified atom stereocenters. The first-order chi connectivity index (χ1) is 11.7. The van der Waals surface area contributed by atoms with Crippen LogP contribution in [-0.2, 0) is 7.05 Å². The van der Waals surface area contributed by atoms with Crippen LogP contribution in [0.4, 0.5) is 0 Å². The van der Waals surface area contributed by atoms with Crippen LogP contribution < -0.4 is 4.74 Å².